The van der Waals surface area contributed by atoms with E-state index in [1.807, 2.05) is 0 Å². The van der Waals surface area contributed by atoms with Crippen molar-refractivity contribution in [1.29, 1.82) is 0 Å². The average Bonchev–Trinajstić information content (AvgIpc) is 2.49. The first-order valence-corrected chi connectivity index (χ1v) is 9.01. The van der Waals surface area contributed by atoms with Crippen molar-refractivity contribution in [2.24, 2.45) is 0 Å². The number of hydrogen-bond donors (Lipinski definition) is 0. The van der Waals surface area contributed by atoms with Gasteiger partial charge in [0.25, 0.3) is 5.91 Å². The molecule has 1 aliphatic heterocycles. The molecule has 0 unspecified atom stereocenters. The standard InChI is InChI=1S/C17H21F2IN2O3/c1-10-9-21(7-8-22(10)16(24)25-17(2,3)4)15(23)13-11(18)5-6-12(20)14(13)19/h5-6,10H,7-9H2,1-4H3/t10-/m1/s1. The van der Waals surface area contributed by atoms with Gasteiger partial charge in [0.05, 0.1) is 0 Å². The van der Waals surface area contributed by atoms with Gasteiger partial charge in [-0.3, -0.25) is 4.79 Å². The Hall–Kier alpha value is -1.45. The zero-order valence-electron chi connectivity index (χ0n) is 14.6. The number of nitrogens with zero attached hydrogens (tertiary/aromatic N) is 2. The number of benzene rings is 1. The number of ether oxygens (including phenoxy) is 1. The first-order chi connectivity index (χ1) is 11.5. The highest BCUT2D eigenvalue weighted by atomic mass is 127. The Kier molecular flexibility index (Phi) is 5.90. The van der Waals surface area contributed by atoms with E-state index in [9.17, 15) is 18.4 Å². The molecule has 8 heteroatoms. The molecule has 0 N–H and O–H groups in total. The Labute approximate surface area is 159 Å². The Balaban J connectivity index is 2.12. The van der Waals surface area contributed by atoms with Crippen LogP contribution in [0.25, 0.3) is 0 Å². The van der Waals surface area contributed by atoms with Gasteiger partial charge in [-0.05, 0) is 62.4 Å². The van der Waals surface area contributed by atoms with Crippen molar-refractivity contribution < 1.29 is 23.1 Å². The summed E-state index contributed by atoms with van der Waals surface area (Å²) in [5, 5.41) is 0. The van der Waals surface area contributed by atoms with E-state index in [4.69, 9.17) is 4.74 Å². The number of piperazine rings is 1. The summed E-state index contributed by atoms with van der Waals surface area (Å²) in [6.45, 7) is 7.71. The maximum atomic E-state index is 14.2. The van der Waals surface area contributed by atoms with Crippen LogP contribution in [0.15, 0.2) is 12.1 Å². The monoisotopic (exact) mass is 466 g/mol. The molecule has 5 nitrogen and oxygen atoms in total. The van der Waals surface area contributed by atoms with Crippen molar-refractivity contribution in [1.82, 2.24) is 9.80 Å². The van der Waals surface area contributed by atoms with Crippen LogP contribution in [0.5, 0.6) is 0 Å². The largest absolute Gasteiger partial charge is 0.444 e. The van der Waals surface area contributed by atoms with Crippen molar-refractivity contribution >= 4 is 34.6 Å². The number of halogens is 3. The van der Waals surface area contributed by atoms with Crippen LogP contribution < -0.4 is 0 Å². The normalized spacial score (nSPS) is 18.3. The summed E-state index contributed by atoms with van der Waals surface area (Å²) in [6.07, 6.45) is -0.460. The summed E-state index contributed by atoms with van der Waals surface area (Å²) in [5.74, 6) is -2.44. The third-order valence-corrected chi connectivity index (χ3v) is 4.63. The molecule has 2 amide bonds. The van der Waals surface area contributed by atoms with Gasteiger partial charge in [-0.15, -0.1) is 0 Å². The topological polar surface area (TPSA) is 49.9 Å². The van der Waals surface area contributed by atoms with Gasteiger partial charge in [0.1, 0.15) is 17.0 Å². The van der Waals surface area contributed by atoms with Crippen molar-refractivity contribution in [3.63, 3.8) is 0 Å². The van der Waals surface area contributed by atoms with E-state index in [2.05, 4.69) is 0 Å². The number of hydrogen-bond acceptors (Lipinski definition) is 3. The molecule has 1 atom stereocenters. The quantitative estimate of drug-likeness (QED) is 0.469. The Morgan fingerprint density at radius 2 is 1.88 bits per heavy atom. The van der Waals surface area contributed by atoms with Gasteiger partial charge in [0.15, 0.2) is 5.82 Å². The molecule has 25 heavy (non-hydrogen) atoms. The fourth-order valence-corrected chi connectivity index (χ4v) is 3.06. The van der Waals surface area contributed by atoms with Crippen molar-refractivity contribution in [2.75, 3.05) is 19.6 Å². The molecule has 1 aromatic rings. The molecule has 0 aliphatic carbocycles. The second-order valence-corrected chi connectivity index (χ2v) is 8.15. The number of amides is 2. The second-order valence-electron chi connectivity index (χ2n) is 6.99. The first kappa shape index (κ1) is 19.9. The highest BCUT2D eigenvalue weighted by Gasteiger charge is 2.34. The molecule has 0 radical (unpaired) electrons. The Morgan fingerprint density at radius 3 is 2.44 bits per heavy atom. The molecular formula is C17H21F2IN2O3. The minimum atomic E-state index is -0.884. The first-order valence-electron chi connectivity index (χ1n) is 7.93. The number of carbonyl (C=O) groups excluding carboxylic acids is 2. The molecule has 2 rings (SSSR count). The summed E-state index contributed by atoms with van der Waals surface area (Å²) in [6, 6.07) is 2.05. The van der Waals surface area contributed by atoms with Crippen LogP contribution in [0.4, 0.5) is 13.6 Å². The predicted molar refractivity (Wildman–Crippen MR) is 97.4 cm³/mol. The van der Waals surface area contributed by atoms with E-state index in [1.165, 1.54) is 15.9 Å². The summed E-state index contributed by atoms with van der Waals surface area (Å²) < 4.78 is 33.7. The predicted octanol–water partition coefficient (Wildman–Crippen LogP) is 3.65. The van der Waals surface area contributed by atoms with Crippen molar-refractivity contribution in [3.8, 4) is 0 Å². The summed E-state index contributed by atoms with van der Waals surface area (Å²) in [4.78, 5) is 27.6. The molecule has 0 aromatic heterocycles. The van der Waals surface area contributed by atoms with Crippen LogP contribution >= 0.6 is 22.6 Å². The van der Waals surface area contributed by atoms with Crippen molar-refractivity contribution in [2.45, 2.75) is 39.3 Å². The lowest BCUT2D eigenvalue weighted by Crippen LogP contribution is -2.56. The van der Waals surface area contributed by atoms with Gasteiger partial charge in [-0.1, -0.05) is 0 Å². The molecule has 1 aliphatic rings. The molecule has 0 saturated carbocycles. The molecule has 1 aromatic carbocycles. The van der Waals surface area contributed by atoms with Gasteiger partial charge >= 0.3 is 6.09 Å². The van der Waals surface area contributed by atoms with Crippen LogP contribution in [-0.4, -0.2) is 53.1 Å². The van der Waals surface area contributed by atoms with Crippen molar-refractivity contribution in [3.05, 3.63) is 32.9 Å². The number of carbonyl (C=O) groups is 2. The minimum Gasteiger partial charge on any atom is -0.444 e. The van der Waals surface area contributed by atoms with Gasteiger partial charge in [-0.2, -0.15) is 0 Å². The maximum absolute atomic E-state index is 14.2. The second kappa shape index (κ2) is 7.43. The SMILES string of the molecule is C[C@@H]1CN(C(=O)c2c(F)ccc(I)c2F)CCN1C(=O)OC(C)(C)C. The summed E-state index contributed by atoms with van der Waals surface area (Å²) >= 11 is 1.72. The van der Waals surface area contributed by atoms with Gasteiger partial charge in [-0.25, -0.2) is 13.6 Å². The van der Waals surface area contributed by atoms with Crippen LogP contribution in [-0.2, 0) is 4.74 Å². The zero-order valence-corrected chi connectivity index (χ0v) is 16.8. The Bertz CT molecular complexity index is 691. The van der Waals surface area contributed by atoms with E-state index >= 15 is 0 Å². The number of rotatable bonds is 1. The highest BCUT2D eigenvalue weighted by molar-refractivity contribution is 14.1. The van der Waals surface area contributed by atoms with Gasteiger partial charge in [0.2, 0.25) is 0 Å². The average molecular weight is 466 g/mol. The van der Waals surface area contributed by atoms with Crippen LogP contribution in [0.1, 0.15) is 38.1 Å². The Morgan fingerprint density at radius 1 is 1.24 bits per heavy atom. The highest BCUT2D eigenvalue weighted by Crippen LogP contribution is 2.22. The van der Waals surface area contributed by atoms with Gasteiger partial charge < -0.3 is 14.5 Å². The molecule has 1 saturated heterocycles. The third-order valence-electron chi connectivity index (χ3n) is 3.80. The molecule has 0 spiro atoms. The van der Waals surface area contributed by atoms with Crippen LogP contribution in [0.3, 0.4) is 0 Å². The molecule has 1 heterocycles. The summed E-state index contributed by atoms with van der Waals surface area (Å²) in [5.41, 5.74) is -1.17. The molecular weight excluding hydrogens is 445 g/mol. The minimum absolute atomic E-state index is 0.183. The lowest BCUT2D eigenvalue weighted by atomic mass is 10.1. The van der Waals surface area contributed by atoms with E-state index in [0.29, 0.717) is 0 Å². The van der Waals surface area contributed by atoms with Crippen LogP contribution in [0, 0.1) is 15.2 Å². The summed E-state index contributed by atoms with van der Waals surface area (Å²) in [7, 11) is 0. The lowest BCUT2D eigenvalue weighted by Gasteiger charge is -2.40. The molecule has 138 valence electrons. The zero-order chi connectivity index (χ0) is 18.9. The molecule has 1 fully saturated rings. The van der Waals surface area contributed by atoms with E-state index in [0.717, 1.165) is 6.07 Å². The fraction of sp³-hybridized carbons (Fsp3) is 0.529. The third kappa shape index (κ3) is 4.59. The lowest BCUT2D eigenvalue weighted by molar-refractivity contribution is 0.00181. The van der Waals surface area contributed by atoms with Crippen LogP contribution in [0.2, 0.25) is 0 Å². The van der Waals surface area contributed by atoms with Gasteiger partial charge in [0, 0.05) is 29.2 Å². The van der Waals surface area contributed by atoms with E-state index in [-0.39, 0.29) is 29.2 Å². The molecule has 0 bridgehead atoms. The van der Waals surface area contributed by atoms with E-state index in [1.54, 1.807) is 50.3 Å². The van der Waals surface area contributed by atoms with E-state index < -0.39 is 34.8 Å². The fourth-order valence-electron chi connectivity index (χ4n) is 2.62. The maximum Gasteiger partial charge on any atom is 0.410 e. The smallest absolute Gasteiger partial charge is 0.410 e.